The van der Waals surface area contributed by atoms with Gasteiger partial charge in [0.25, 0.3) is 0 Å². The van der Waals surface area contributed by atoms with Gasteiger partial charge in [-0.25, -0.2) is 4.98 Å². The number of pyridine rings is 1. The third-order valence-electron chi connectivity index (χ3n) is 3.22. The van der Waals surface area contributed by atoms with Crippen molar-refractivity contribution < 1.29 is 14.5 Å². The third-order valence-corrected chi connectivity index (χ3v) is 3.22. The highest BCUT2D eigenvalue weighted by molar-refractivity contribution is 6.04. The van der Waals surface area contributed by atoms with Crippen molar-refractivity contribution in [2.75, 3.05) is 23.8 Å². The molecule has 1 aliphatic heterocycles. The van der Waals surface area contributed by atoms with Gasteiger partial charge in [-0.15, -0.1) is 0 Å². The monoisotopic (exact) mass is 293 g/mol. The van der Waals surface area contributed by atoms with E-state index >= 15 is 0 Å². The molecule has 1 atom stereocenters. The highest BCUT2D eigenvalue weighted by Crippen LogP contribution is 2.30. The summed E-state index contributed by atoms with van der Waals surface area (Å²) in [7, 11) is 1.63. The first-order valence-electron chi connectivity index (χ1n) is 6.41. The van der Waals surface area contributed by atoms with Gasteiger partial charge in [0, 0.05) is 13.1 Å². The molecule has 9 nitrogen and oxygen atoms in total. The molecule has 21 heavy (non-hydrogen) atoms. The number of hydrogen-bond acceptors (Lipinski definition) is 7. The second-order valence-corrected chi connectivity index (χ2v) is 4.51. The highest BCUT2D eigenvalue weighted by Gasteiger charge is 2.36. The molecule has 0 radical (unpaired) electrons. The normalized spacial score (nSPS) is 18.4. The first-order chi connectivity index (χ1) is 9.97. The van der Waals surface area contributed by atoms with Gasteiger partial charge in [-0.3, -0.25) is 25.0 Å². The summed E-state index contributed by atoms with van der Waals surface area (Å²) < 4.78 is 0. The topological polar surface area (TPSA) is 117 Å². The van der Waals surface area contributed by atoms with E-state index in [-0.39, 0.29) is 18.1 Å². The zero-order valence-electron chi connectivity index (χ0n) is 11.6. The van der Waals surface area contributed by atoms with Gasteiger partial charge in [-0.1, -0.05) is 6.92 Å². The maximum Gasteiger partial charge on any atom is 0.311 e. The molecule has 1 saturated heterocycles. The lowest BCUT2D eigenvalue weighted by Gasteiger charge is -2.33. The molecule has 9 heteroatoms. The number of piperazine rings is 1. The molecule has 0 aliphatic carbocycles. The molecule has 0 saturated carbocycles. The fourth-order valence-corrected chi connectivity index (χ4v) is 2.23. The molecular formula is C12H15N5O4. The summed E-state index contributed by atoms with van der Waals surface area (Å²) >= 11 is 0. The Morgan fingerprint density at radius 2 is 2.24 bits per heavy atom. The Labute approximate surface area is 120 Å². The summed E-state index contributed by atoms with van der Waals surface area (Å²) in [4.78, 5) is 39.5. The zero-order valence-corrected chi connectivity index (χ0v) is 11.6. The van der Waals surface area contributed by atoms with Crippen LogP contribution in [0.15, 0.2) is 12.1 Å². The number of nitrogens with one attached hydrogen (secondary N) is 2. The van der Waals surface area contributed by atoms with E-state index in [1.807, 2.05) is 0 Å². The lowest BCUT2D eigenvalue weighted by molar-refractivity contribution is -0.384. The number of carbonyl (C=O) groups excluding carboxylic acids is 2. The van der Waals surface area contributed by atoms with Crippen LogP contribution in [0.2, 0.25) is 0 Å². The predicted octanol–water partition coefficient (Wildman–Crippen LogP) is 0.273. The van der Waals surface area contributed by atoms with Gasteiger partial charge in [-0.2, -0.15) is 0 Å². The molecule has 1 aliphatic rings. The molecule has 2 heterocycles. The van der Waals surface area contributed by atoms with Crippen molar-refractivity contribution in [3.63, 3.8) is 0 Å². The van der Waals surface area contributed by atoms with E-state index in [0.29, 0.717) is 12.2 Å². The minimum atomic E-state index is -0.666. The largest absolute Gasteiger partial charge is 0.373 e. The van der Waals surface area contributed by atoms with E-state index in [2.05, 4.69) is 15.6 Å². The van der Waals surface area contributed by atoms with Gasteiger partial charge < -0.3 is 10.2 Å². The van der Waals surface area contributed by atoms with Gasteiger partial charge in [0.2, 0.25) is 17.6 Å². The fourth-order valence-electron chi connectivity index (χ4n) is 2.23. The van der Waals surface area contributed by atoms with Crippen molar-refractivity contribution in [3.8, 4) is 0 Å². The summed E-state index contributed by atoms with van der Waals surface area (Å²) in [5, 5.41) is 16.2. The Morgan fingerprint density at radius 3 is 2.81 bits per heavy atom. The quantitative estimate of drug-likeness (QED) is 0.465. The second kappa shape index (κ2) is 5.73. The average molecular weight is 293 g/mol. The van der Waals surface area contributed by atoms with Crippen LogP contribution >= 0.6 is 0 Å². The summed E-state index contributed by atoms with van der Waals surface area (Å²) in [5.41, 5.74) is -0.241. The number of carbonyl (C=O) groups is 2. The van der Waals surface area contributed by atoms with E-state index in [0.717, 1.165) is 0 Å². The van der Waals surface area contributed by atoms with Crippen LogP contribution in [0, 0.1) is 10.1 Å². The molecule has 2 N–H and O–H groups in total. The van der Waals surface area contributed by atoms with Gasteiger partial charge >= 0.3 is 5.69 Å². The maximum atomic E-state index is 11.9. The summed E-state index contributed by atoms with van der Waals surface area (Å²) in [6.07, 6.45) is 0.404. The Balaban J connectivity index is 2.53. The van der Waals surface area contributed by atoms with Crippen molar-refractivity contribution in [3.05, 3.63) is 22.2 Å². The van der Waals surface area contributed by atoms with Crippen LogP contribution < -0.4 is 15.5 Å². The average Bonchev–Trinajstić information content (AvgIpc) is 2.45. The number of amides is 2. The first kappa shape index (κ1) is 14.7. The minimum absolute atomic E-state index is 0.0156. The molecule has 112 valence electrons. The standard InChI is InChI=1S/C12H15N5O4/c1-3-7-12(19)15-10(18)6-16(7)11-8(17(20)21)4-5-9(13-2)14-11/h4-5,7H,3,6H2,1-2H3,(H,13,14)(H,15,18,19). The number of nitro groups is 1. The SMILES string of the molecule is CCC1C(=O)NC(=O)CN1c1nc(NC)ccc1[N+](=O)[O-]. The smallest absolute Gasteiger partial charge is 0.311 e. The second-order valence-electron chi connectivity index (χ2n) is 4.51. The van der Waals surface area contributed by atoms with E-state index in [1.165, 1.54) is 17.0 Å². The Hall–Kier alpha value is -2.71. The highest BCUT2D eigenvalue weighted by atomic mass is 16.6. The maximum absolute atomic E-state index is 11.9. The van der Waals surface area contributed by atoms with Crippen LogP contribution in [0.3, 0.4) is 0 Å². The van der Waals surface area contributed by atoms with Gasteiger partial charge in [0.1, 0.15) is 11.9 Å². The molecule has 0 spiro atoms. The van der Waals surface area contributed by atoms with E-state index in [9.17, 15) is 19.7 Å². The van der Waals surface area contributed by atoms with Gasteiger partial charge in [-0.05, 0) is 12.5 Å². The number of nitrogens with zero attached hydrogens (tertiary/aromatic N) is 3. The molecule has 0 bridgehead atoms. The van der Waals surface area contributed by atoms with Crippen LogP contribution in [-0.4, -0.2) is 41.4 Å². The van der Waals surface area contributed by atoms with Crippen molar-refractivity contribution in [1.29, 1.82) is 0 Å². The molecule has 1 fully saturated rings. The number of anilines is 2. The summed E-state index contributed by atoms with van der Waals surface area (Å²) in [6.45, 7) is 1.62. The molecular weight excluding hydrogens is 278 g/mol. The van der Waals surface area contributed by atoms with Crippen LogP contribution in [0.4, 0.5) is 17.3 Å². The third kappa shape index (κ3) is 2.76. The van der Waals surface area contributed by atoms with Crippen LogP contribution in [0.1, 0.15) is 13.3 Å². The van der Waals surface area contributed by atoms with Crippen molar-refractivity contribution >= 4 is 29.1 Å². The lowest BCUT2D eigenvalue weighted by atomic mass is 10.1. The Morgan fingerprint density at radius 1 is 1.52 bits per heavy atom. The Kier molecular flexibility index (Phi) is 4.01. The summed E-state index contributed by atoms with van der Waals surface area (Å²) in [5.74, 6) is -0.541. The van der Waals surface area contributed by atoms with Crippen LogP contribution in [0.5, 0.6) is 0 Å². The fraction of sp³-hybridized carbons (Fsp3) is 0.417. The molecule has 1 aromatic heterocycles. The lowest BCUT2D eigenvalue weighted by Crippen LogP contribution is -2.58. The number of rotatable bonds is 4. The molecule has 2 rings (SSSR count). The first-order valence-corrected chi connectivity index (χ1v) is 6.41. The number of aromatic nitrogens is 1. The predicted molar refractivity (Wildman–Crippen MR) is 75.0 cm³/mol. The summed E-state index contributed by atoms with van der Waals surface area (Å²) in [6, 6.07) is 2.10. The Bertz CT molecular complexity index is 603. The number of hydrogen-bond donors (Lipinski definition) is 2. The van der Waals surface area contributed by atoms with Crippen LogP contribution in [0.25, 0.3) is 0 Å². The van der Waals surface area contributed by atoms with Gasteiger partial charge in [0.05, 0.1) is 11.5 Å². The van der Waals surface area contributed by atoms with Crippen molar-refractivity contribution in [2.45, 2.75) is 19.4 Å². The van der Waals surface area contributed by atoms with E-state index < -0.39 is 22.8 Å². The van der Waals surface area contributed by atoms with E-state index in [4.69, 9.17) is 0 Å². The zero-order chi connectivity index (χ0) is 15.6. The molecule has 1 aromatic rings. The number of imide groups is 1. The van der Waals surface area contributed by atoms with E-state index in [1.54, 1.807) is 14.0 Å². The molecule has 2 amide bonds. The van der Waals surface area contributed by atoms with Gasteiger partial charge in [0.15, 0.2) is 0 Å². The molecule has 1 unspecified atom stereocenters. The minimum Gasteiger partial charge on any atom is -0.373 e. The molecule has 0 aromatic carbocycles. The van der Waals surface area contributed by atoms with Crippen molar-refractivity contribution in [2.24, 2.45) is 0 Å². The van der Waals surface area contributed by atoms with Crippen molar-refractivity contribution in [1.82, 2.24) is 10.3 Å². The van der Waals surface area contributed by atoms with Crippen LogP contribution in [-0.2, 0) is 9.59 Å².